The lowest BCUT2D eigenvalue weighted by molar-refractivity contribution is -0.127. The average Bonchev–Trinajstić information content (AvgIpc) is 3.39. The van der Waals surface area contributed by atoms with Crippen LogP contribution in [-0.2, 0) is 20.8 Å². The van der Waals surface area contributed by atoms with Gasteiger partial charge in [0.2, 0.25) is 5.91 Å². The standard InChI is InChI=1S/C20H29N5O4/c1-24(2)18(26)13-23-19(22-12-16-7-9-28-14-16)21-11-15-3-5-17(6-4-15)25-8-10-29-20(25)27/h3-6,16H,7-14H2,1-2H3,(H2,21,22,23). The normalized spacial score (nSPS) is 19.2. The van der Waals surface area contributed by atoms with Gasteiger partial charge in [0.05, 0.1) is 26.2 Å². The molecule has 0 saturated carbocycles. The molecule has 158 valence electrons. The Labute approximate surface area is 171 Å². The Morgan fingerprint density at radius 3 is 2.66 bits per heavy atom. The van der Waals surface area contributed by atoms with Gasteiger partial charge in [-0.25, -0.2) is 9.79 Å². The Morgan fingerprint density at radius 2 is 2.03 bits per heavy atom. The number of aliphatic imine (C=N–C) groups is 1. The fourth-order valence-electron chi connectivity index (χ4n) is 3.06. The van der Waals surface area contributed by atoms with Crippen LogP contribution in [0.2, 0.25) is 0 Å². The molecule has 2 N–H and O–H groups in total. The smallest absolute Gasteiger partial charge is 0.414 e. The summed E-state index contributed by atoms with van der Waals surface area (Å²) in [5, 5.41) is 6.40. The number of hydrogen-bond donors (Lipinski definition) is 2. The van der Waals surface area contributed by atoms with E-state index in [1.54, 1.807) is 19.0 Å². The molecule has 1 aromatic carbocycles. The number of hydrogen-bond acceptors (Lipinski definition) is 5. The van der Waals surface area contributed by atoms with Gasteiger partial charge in [-0.15, -0.1) is 0 Å². The van der Waals surface area contributed by atoms with Crippen molar-refractivity contribution in [1.29, 1.82) is 0 Å². The molecule has 1 atom stereocenters. The van der Waals surface area contributed by atoms with Gasteiger partial charge in [0.1, 0.15) is 6.61 Å². The van der Waals surface area contributed by atoms with E-state index in [1.807, 2.05) is 24.3 Å². The van der Waals surface area contributed by atoms with Crippen molar-refractivity contribution in [2.24, 2.45) is 10.9 Å². The molecular weight excluding hydrogens is 374 g/mol. The molecule has 29 heavy (non-hydrogen) atoms. The summed E-state index contributed by atoms with van der Waals surface area (Å²) in [5.74, 6) is 1.02. The first kappa shape index (κ1) is 20.9. The van der Waals surface area contributed by atoms with Crippen LogP contribution in [0.4, 0.5) is 10.5 Å². The van der Waals surface area contributed by atoms with Crippen LogP contribution in [0.1, 0.15) is 12.0 Å². The zero-order valence-electron chi connectivity index (χ0n) is 17.0. The molecule has 0 aromatic heterocycles. The van der Waals surface area contributed by atoms with Crippen LogP contribution < -0.4 is 15.5 Å². The number of nitrogens with zero attached hydrogens (tertiary/aromatic N) is 3. The predicted molar refractivity (Wildman–Crippen MR) is 110 cm³/mol. The van der Waals surface area contributed by atoms with Gasteiger partial charge in [0, 0.05) is 38.9 Å². The summed E-state index contributed by atoms with van der Waals surface area (Å²) in [6.45, 7) is 3.91. The maximum atomic E-state index is 11.9. The van der Waals surface area contributed by atoms with Gasteiger partial charge in [-0.2, -0.15) is 0 Å². The molecule has 2 fully saturated rings. The monoisotopic (exact) mass is 403 g/mol. The predicted octanol–water partition coefficient (Wildman–Crippen LogP) is 0.803. The Kier molecular flexibility index (Phi) is 7.29. The number of likely N-dealkylation sites (N-methyl/N-ethyl adjacent to an activating group) is 1. The molecule has 2 aliphatic heterocycles. The summed E-state index contributed by atoms with van der Waals surface area (Å²) < 4.78 is 10.4. The van der Waals surface area contributed by atoms with Crippen molar-refractivity contribution < 1.29 is 19.1 Å². The third-order valence-electron chi connectivity index (χ3n) is 4.92. The maximum Gasteiger partial charge on any atom is 0.414 e. The summed E-state index contributed by atoms with van der Waals surface area (Å²) in [5.41, 5.74) is 1.82. The number of ether oxygens (including phenoxy) is 2. The quantitative estimate of drug-likeness (QED) is 0.517. The summed E-state index contributed by atoms with van der Waals surface area (Å²) in [4.78, 5) is 31.3. The van der Waals surface area contributed by atoms with Gasteiger partial charge in [0.25, 0.3) is 0 Å². The molecule has 2 heterocycles. The maximum absolute atomic E-state index is 11.9. The van der Waals surface area contributed by atoms with Gasteiger partial charge in [-0.05, 0) is 24.1 Å². The van der Waals surface area contributed by atoms with Crippen molar-refractivity contribution in [3.63, 3.8) is 0 Å². The van der Waals surface area contributed by atoms with Crippen LogP contribution in [0.3, 0.4) is 0 Å². The second kappa shape index (κ2) is 10.1. The number of carbonyl (C=O) groups excluding carboxylic acids is 2. The van der Waals surface area contributed by atoms with Gasteiger partial charge >= 0.3 is 6.09 Å². The van der Waals surface area contributed by atoms with Crippen LogP contribution in [0.15, 0.2) is 29.3 Å². The first-order valence-electron chi connectivity index (χ1n) is 9.86. The number of rotatable bonds is 7. The minimum atomic E-state index is -0.312. The summed E-state index contributed by atoms with van der Waals surface area (Å²) >= 11 is 0. The topological polar surface area (TPSA) is 95.5 Å². The minimum Gasteiger partial charge on any atom is -0.447 e. The number of benzene rings is 1. The molecule has 0 spiro atoms. The van der Waals surface area contributed by atoms with Gasteiger partial charge in [-0.1, -0.05) is 12.1 Å². The highest BCUT2D eigenvalue weighted by Crippen LogP contribution is 2.19. The second-order valence-corrected chi connectivity index (χ2v) is 7.35. The van der Waals surface area contributed by atoms with Gasteiger partial charge < -0.3 is 25.0 Å². The van der Waals surface area contributed by atoms with E-state index < -0.39 is 0 Å². The molecule has 0 aliphatic carbocycles. The number of amides is 2. The molecule has 9 heteroatoms. The molecule has 3 rings (SSSR count). The SMILES string of the molecule is CN(C)C(=O)CNC(=NCc1ccc(N2CCOC2=O)cc1)NCC1CCOC1. The Bertz CT molecular complexity index is 729. The molecule has 2 saturated heterocycles. The van der Waals surface area contributed by atoms with E-state index in [4.69, 9.17) is 9.47 Å². The van der Waals surface area contributed by atoms with Gasteiger partial charge in [0.15, 0.2) is 5.96 Å². The highest BCUT2D eigenvalue weighted by atomic mass is 16.6. The van der Waals surface area contributed by atoms with Crippen molar-refractivity contribution in [3.8, 4) is 0 Å². The van der Waals surface area contributed by atoms with E-state index in [2.05, 4.69) is 15.6 Å². The van der Waals surface area contributed by atoms with Crippen molar-refractivity contribution in [1.82, 2.24) is 15.5 Å². The zero-order chi connectivity index (χ0) is 20.6. The third-order valence-corrected chi connectivity index (χ3v) is 4.92. The number of carbonyl (C=O) groups is 2. The van der Waals surface area contributed by atoms with E-state index in [0.29, 0.717) is 31.6 Å². The highest BCUT2D eigenvalue weighted by molar-refractivity contribution is 5.89. The van der Waals surface area contributed by atoms with Crippen molar-refractivity contribution in [2.45, 2.75) is 13.0 Å². The van der Waals surface area contributed by atoms with Crippen LogP contribution >= 0.6 is 0 Å². The van der Waals surface area contributed by atoms with Crippen LogP contribution in [0.25, 0.3) is 0 Å². The lowest BCUT2D eigenvalue weighted by atomic mass is 10.1. The first-order chi connectivity index (χ1) is 14.0. The Morgan fingerprint density at radius 1 is 1.24 bits per heavy atom. The third kappa shape index (κ3) is 6.08. The van der Waals surface area contributed by atoms with E-state index in [9.17, 15) is 9.59 Å². The summed E-state index contributed by atoms with van der Waals surface area (Å²) in [7, 11) is 3.45. The molecule has 1 unspecified atom stereocenters. The number of anilines is 1. The zero-order valence-corrected chi connectivity index (χ0v) is 17.0. The van der Waals surface area contributed by atoms with Crippen molar-refractivity contribution in [3.05, 3.63) is 29.8 Å². The average molecular weight is 403 g/mol. The summed E-state index contributed by atoms with van der Waals surface area (Å²) in [6, 6.07) is 7.67. The molecule has 9 nitrogen and oxygen atoms in total. The Balaban J connectivity index is 1.59. The van der Waals surface area contributed by atoms with Crippen LogP contribution in [0, 0.1) is 5.92 Å². The second-order valence-electron chi connectivity index (χ2n) is 7.35. The van der Waals surface area contributed by atoms with E-state index in [0.717, 1.165) is 37.4 Å². The number of cyclic esters (lactones) is 1. The van der Waals surface area contributed by atoms with E-state index >= 15 is 0 Å². The van der Waals surface area contributed by atoms with Crippen LogP contribution in [-0.4, -0.2) is 76.4 Å². The van der Waals surface area contributed by atoms with E-state index in [1.165, 1.54) is 4.90 Å². The highest BCUT2D eigenvalue weighted by Gasteiger charge is 2.23. The molecule has 1 aromatic rings. The minimum absolute atomic E-state index is 0.0226. The fourth-order valence-corrected chi connectivity index (χ4v) is 3.06. The summed E-state index contributed by atoms with van der Waals surface area (Å²) in [6.07, 6.45) is 0.713. The first-order valence-corrected chi connectivity index (χ1v) is 9.86. The van der Waals surface area contributed by atoms with Gasteiger partial charge in [-0.3, -0.25) is 9.69 Å². The number of guanidine groups is 1. The Hall–Kier alpha value is -2.81. The van der Waals surface area contributed by atoms with Crippen molar-refractivity contribution >= 4 is 23.6 Å². The molecule has 0 radical (unpaired) electrons. The largest absolute Gasteiger partial charge is 0.447 e. The fraction of sp³-hybridized carbons (Fsp3) is 0.550. The molecule has 2 amide bonds. The molecule has 0 bridgehead atoms. The van der Waals surface area contributed by atoms with Crippen LogP contribution in [0.5, 0.6) is 0 Å². The lowest BCUT2D eigenvalue weighted by Gasteiger charge is -2.17. The number of nitrogens with one attached hydrogen (secondary N) is 2. The van der Waals surface area contributed by atoms with E-state index in [-0.39, 0.29) is 18.5 Å². The molecular formula is C20H29N5O4. The lowest BCUT2D eigenvalue weighted by Crippen LogP contribution is -2.44. The molecule has 2 aliphatic rings. The van der Waals surface area contributed by atoms with Crippen molar-refractivity contribution in [2.75, 3.05) is 58.5 Å².